The van der Waals surface area contributed by atoms with Gasteiger partial charge in [0.2, 0.25) is 0 Å². The summed E-state index contributed by atoms with van der Waals surface area (Å²) in [5.74, 6) is -0.509. The lowest BCUT2D eigenvalue weighted by atomic mass is 10.2. The number of rotatable bonds is 5. The number of nitro groups is 1. The zero-order chi connectivity index (χ0) is 16.8. The van der Waals surface area contributed by atoms with Crippen LogP contribution in [0.2, 0.25) is 0 Å². The standard InChI is InChI=1S/C17H15NO4S/c1-12-3-7-14(8-4-12)23-16-9-5-13(6-10-17(19)22-2)11-15(16)18(20)21/h3-11H,1-2H3/b10-6+. The first-order chi connectivity index (χ1) is 11.0. The number of nitrogens with zero attached hydrogens (tertiary/aromatic N) is 1. The summed E-state index contributed by atoms with van der Waals surface area (Å²) in [5, 5.41) is 11.3. The van der Waals surface area contributed by atoms with Gasteiger partial charge in [-0.2, -0.15) is 0 Å². The van der Waals surface area contributed by atoms with Crippen LogP contribution in [0.3, 0.4) is 0 Å². The molecule has 0 saturated heterocycles. The molecule has 0 bridgehead atoms. The summed E-state index contributed by atoms with van der Waals surface area (Å²) < 4.78 is 4.50. The Morgan fingerprint density at radius 3 is 2.52 bits per heavy atom. The van der Waals surface area contributed by atoms with Crippen molar-refractivity contribution in [2.45, 2.75) is 16.7 Å². The Kier molecular flexibility index (Phi) is 5.54. The van der Waals surface area contributed by atoms with Crippen molar-refractivity contribution in [1.82, 2.24) is 0 Å². The number of ether oxygens (including phenoxy) is 1. The third-order valence-electron chi connectivity index (χ3n) is 3.04. The Hall–Kier alpha value is -2.60. The van der Waals surface area contributed by atoms with E-state index in [2.05, 4.69) is 4.74 Å². The van der Waals surface area contributed by atoms with Gasteiger partial charge in [0.1, 0.15) is 0 Å². The van der Waals surface area contributed by atoms with Gasteiger partial charge >= 0.3 is 5.97 Å². The first-order valence-electron chi connectivity index (χ1n) is 6.78. The van der Waals surface area contributed by atoms with Gasteiger partial charge in [-0.25, -0.2) is 4.79 Å². The maximum atomic E-state index is 11.3. The largest absolute Gasteiger partial charge is 0.466 e. The molecule has 0 N–H and O–H groups in total. The van der Waals surface area contributed by atoms with E-state index in [1.165, 1.54) is 37.1 Å². The van der Waals surface area contributed by atoms with E-state index < -0.39 is 10.9 Å². The van der Waals surface area contributed by atoms with Crippen LogP contribution >= 0.6 is 11.8 Å². The smallest absolute Gasteiger partial charge is 0.330 e. The van der Waals surface area contributed by atoms with Gasteiger partial charge in [-0.05, 0) is 36.8 Å². The lowest BCUT2D eigenvalue weighted by Crippen LogP contribution is -1.94. The fourth-order valence-corrected chi connectivity index (χ4v) is 2.73. The number of nitro benzene ring substituents is 1. The normalized spacial score (nSPS) is 10.7. The minimum absolute atomic E-state index is 0.00240. The summed E-state index contributed by atoms with van der Waals surface area (Å²) >= 11 is 1.33. The summed E-state index contributed by atoms with van der Waals surface area (Å²) in [4.78, 5) is 23.4. The van der Waals surface area contributed by atoms with E-state index in [9.17, 15) is 14.9 Å². The van der Waals surface area contributed by atoms with Gasteiger partial charge in [-0.1, -0.05) is 35.5 Å². The van der Waals surface area contributed by atoms with Crippen molar-refractivity contribution in [2.75, 3.05) is 7.11 Å². The third-order valence-corrected chi connectivity index (χ3v) is 4.11. The van der Waals surface area contributed by atoms with Gasteiger partial charge in [0.25, 0.3) is 5.69 Å². The topological polar surface area (TPSA) is 69.4 Å². The third kappa shape index (κ3) is 4.69. The molecule has 5 nitrogen and oxygen atoms in total. The minimum atomic E-state index is -0.509. The molecule has 0 aliphatic heterocycles. The van der Waals surface area contributed by atoms with Gasteiger partial charge in [-0.15, -0.1) is 0 Å². The minimum Gasteiger partial charge on any atom is -0.466 e. The number of carbonyl (C=O) groups excluding carboxylic acids is 1. The monoisotopic (exact) mass is 329 g/mol. The molecule has 6 heteroatoms. The van der Waals surface area contributed by atoms with E-state index in [0.717, 1.165) is 10.5 Å². The highest BCUT2D eigenvalue weighted by Gasteiger charge is 2.15. The number of hydrogen-bond donors (Lipinski definition) is 0. The average Bonchev–Trinajstić information content (AvgIpc) is 2.55. The van der Waals surface area contributed by atoms with Crippen molar-refractivity contribution in [3.8, 4) is 0 Å². The van der Waals surface area contributed by atoms with Crippen molar-refractivity contribution in [3.63, 3.8) is 0 Å². The molecular weight excluding hydrogens is 314 g/mol. The molecule has 0 spiro atoms. The maximum absolute atomic E-state index is 11.3. The first kappa shape index (κ1) is 16.8. The lowest BCUT2D eigenvalue weighted by molar-refractivity contribution is -0.387. The molecule has 2 rings (SSSR count). The molecule has 0 heterocycles. The second-order valence-electron chi connectivity index (χ2n) is 4.76. The molecule has 2 aromatic carbocycles. The summed E-state index contributed by atoms with van der Waals surface area (Å²) in [5.41, 5.74) is 1.70. The van der Waals surface area contributed by atoms with Crippen molar-refractivity contribution in [2.24, 2.45) is 0 Å². The quantitative estimate of drug-likeness (QED) is 0.355. The Labute approximate surface area is 138 Å². The zero-order valence-electron chi connectivity index (χ0n) is 12.7. The van der Waals surface area contributed by atoms with E-state index in [1.807, 2.05) is 31.2 Å². The Bertz CT molecular complexity index is 754. The van der Waals surface area contributed by atoms with Crippen LogP contribution in [0.15, 0.2) is 58.3 Å². The van der Waals surface area contributed by atoms with Gasteiger partial charge in [-0.3, -0.25) is 10.1 Å². The summed E-state index contributed by atoms with van der Waals surface area (Å²) in [6, 6.07) is 12.6. The highest BCUT2D eigenvalue weighted by molar-refractivity contribution is 7.99. The zero-order valence-corrected chi connectivity index (χ0v) is 13.5. The number of esters is 1. The average molecular weight is 329 g/mol. The van der Waals surface area contributed by atoms with Crippen LogP contribution in [0.1, 0.15) is 11.1 Å². The Balaban J connectivity index is 2.29. The molecule has 2 aromatic rings. The van der Waals surface area contributed by atoms with E-state index in [0.29, 0.717) is 10.5 Å². The van der Waals surface area contributed by atoms with Gasteiger partial charge in [0, 0.05) is 17.0 Å². The van der Waals surface area contributed by atoms with E-state index >= 15 is 0 Å². The van der Waals surface area contributed by atoms with Crippen LogP contribution in [0, 0.1) is 17.0 Å². The molecule has 0 atom stereocenters. The number of hydrogen-bond acceptors (Lipinski definition) is 5. The molecule has 23 heavy (non-hydrogen) atoms. The Morgan fingerprint density at radius 1 is 1.22 bits per heavy atom. The van der Waals surface area contributed by atoms with Crippen LogP contribution in [-0.4, -0.2) is 18.0 Å². The van der Waals surface area contributed by atoms with Crippen LogP contribution < -0.4 is 0 Å². The summed E-state index contributed by atoms with van der Waals surface area (Å²) in [7, 11) is 1.27. The second-order valence-corrected chi connectivity index (χ2v) is 5.87. The predicted octanol–water partition coefficient (Wildman–Crippen LogP) is 4.24. The molecule has 0 saturated carbocycles. The van der Waals surface area contributed by atoms with Crippen LogP contribution in [0.4, 0.5) is 5.69 Å². The van der Waals surface area contributed by atoms with Crippen molar-refractivity contribution < 1.29 is 14.5 Å². The van der Waals surface area contributed by atoms with Crippen molar-refractivity contribution in [3.05, 3.63) is 69.8 Å². The fraction of sp³-hybridized carbons (Fsp3) is 0.118. The lowest BCUT2D eigenvalue weighted by Gasteiger charge is -2.04. The van der Waals surface area contributed by atoms with Gasteiger partial charge in [0.05, 0.1) is 16.9 Å². The van der Waals surface area contributed by atoms with Gasteiger partial charge < -0.3 is 4.74 Å². The fourth-order valence-electron chi connectivity index (χ4n) is 1.83. The van der Waals surface area contributed by atoms with E-state index in [4.69, 9.17) is 0 Å². The number of methoxy groups -OCH3 is 1. The molecule has 0 aromatic heterocycles. The molecule has 0 amide bonds. The number of carbonyl (C=O) groups is 1. The first-order valence-corrected chi connectivity index (χ1v) is 7.60. The molecule has 0 aliphatic carbocycles. The molecule has 118 valence electrons. The van der Waals surface area contributed by atoms with E-state index in [1.54, 1.807) is 12.1 Å². The molecular formula is C17H15NO4S. The molecule has 0 aliphatic rings. The number of benzene rings is 2. The summed E-state index contributed by atoms with van der Waals surface area (Å²) in [6.07, 6.45) is 2.71. The Morgan fingerprint density at radius 2 is 1.91 bits per heavy atom. The SMILES string of the molecule is COC(=O)/C=C/c1ccc(Sc2ccc(C)cc2)c([N+](=O)[O-])c1. The predicted molar refractivity (Wildman–Crippen MR) is 89.4 cm³/mol. The van der Waals surface area contributed by atoms with Crippen molar-refractivity contribution >= 4 is 29.5 Å². The molecule has 0 fully saturated rings. The maximum Gasteiger partial charge on any atom is 0.330 e. The highest BCUT2D eigenvalue weighted by Crippen LogP contribution is 2.35. The second kappa shape index (κ2) is 7.60. The van der Waals surface area contributed by atoms with Crippen LogP contribution in [0.25, 0.3) is 6.08 Å². The molecule has 0 radical (unpaired) electrons. The van der Waals surface area contributed by atoms with Crippen molar-refractivity contribution in [1.29, 1.82) is 0 Å². The highest BCUT2D eigenvalue weighted by atomic mass is 32.2. The number of aryl methyl sites for hydroxylation is 1. The van der Waals surface area contributed by atoms with Gasteiger partial charge in [0.15, 0.2) is 0 Å². The summed E-state index contributed by atoms with van der Waals surface area (Å²) in [6.45, 7) is 1.99. The molecule has 0 unspecified atom stereocenters. The van der Waals surface area contributed by atoms with Crippen LogP contribution in [-0.2, 0) is 9.53 Å². The van der Waals surface area contributed by atoms with E-state index in [-0.39, 0.29) is 5.69 Å². The van der Waals surface area contributed by atoms with Crippen LogP contribution in [0.5, 0.6) is 0 Å².